The maximum absolute atomic E-state index is 13.0. The van der Waals surface area contributed by atoms with Crippen LogP contribution in [0, 0.1) is 0 Å². The van der Waals surface area contributed by atoms with Crippen molar-refractivity contribution in [2.75, 3.05) is 14.7 Å². The Hall–Kier alpha value is -12.8. The lowest BCUT2D eigenvalue weighted by atomic mass is 9.97. The van der Waals surface area contributed by atoms with Crippen molar-refractivity contribution in [2.45, 2.75) is 29.4 Å². The molecule has 6 heterocycles. The second kappa shape index (κ2) is 26.5. The van der Waals surface area contributed by atoms with E-state index < -0.39 is 0 Å². The van der Waals surface area contributed by atoms with Gasteiger partial charge in [0.25, 0.3) is 0 Å². The lowest BCUT2D eigenvalue weighted by Crippen LogP contribution is -2.14. The monoisotopic (exact) mass is 1410 g/mol. The Kier molecular flexibility index (Phi) is 15.9. The van der Waals surface area contributed by atoms with E-state index in [0.29, 0.717) is 32.9 Å². The number of para-hydroxylation sites is 7. The van der Waals surface area contributed by atoms with Crippen molar-refractivity contribution in [2.24, 2.45) is 0 Å². The van der Waals surface area contributed by atoms with E-state index in [4.69, 9.17) is 13.3 Å². The van der Waals surface area contributed by atoms with Crippen LogP contribution >= 0.6 is 35.3 Å². The van der Waals surface area contributed by atoms with Crippen LogP contribution in [0.5, 0.6) is 0 Å². The largest absolute Gasteiger partial charge is 0.422 e. The van der Waals surface area contributed by atoms with Crippen molar-refractivity contribution >= 4 is 152 Å². The van der Waals surface area contributed by atoms with Crippen molar-refractivity contribution in [3.8, 4) is 33.4 Å². The van der Waals surface area contributed by atoms with Gasteiger partial charge >= 0.3 is 16.9 Å². The zero-order valence-corrected chi connectivity index (χ0v) is 58.4. The molecule has 12 heteroatoms. The molecule has 0 N–H and O–H groups in total. The predicted molar refractivity (Wildman–Crippen MR) is 433 cm³/mol. The molecule has 0 saturated carbocycles. The van der Waals surface area contributed by atoms with Gasteiger partial charge in [0.1, 0.15) is 16.7 Å². The van der Waals surface area contributed by atoms with E-state index in [-0.39, 0.29) is 16.9 Å². The molecule has 3 aliphatic rings. The van der Waals surface area contributed by atoms with E-state index >= 15 is 0 Å². The van der Waals surface area contributed by atoms with Crippen LogP contribution in [0.2, 0.25) is 0 Å². The zero-order valence-electron chi connectivity index (χ0n) is 55.9. The van der Waals surface area contributed by atoms with Gasteiger partial charge in [-0.3, -0.25) is 0 Å². The normalized spacial score (nSPS) is 12.5. The molecule has 0 aliphatic carbocycles. The zero-order chi connectivity index (χ0) is 70.1. The van der Waals surface area contributed by atoms with Gasteiger partial charge in [0, 0.05) is 68.0 Å². The summed E-state index contributed by atoms with van der Waals surface area (Å²) in [5, 5.41) is 7.40. The molecule has 9 nitrogen and oxygen atoms in total. The number of anilines is 9. The highest BCUT2D eigenvalue weighted by molar-refractivity contribution is 8.00. The summed E-state index contributed by atoms with van der Waals surface area (Å²) in [5.41, 5.74) is 17.4. The molecule has 0 radical (unpaired) electrons. The van der Waals surface area contributed by atoms with Crippen LogP contribution in [-0.4, -0.2) is 0 Å². The molecule has 0 unspecified atom stereocenters. The number of rotatable bonds is 6. The minimum atomic E-state index is -0.311. The third-order valence-corrected chi connectivity index (χ3v) is 22.9. The summed E-state index contributed by atoms with van der Waals surface area (Å²) in [6, 6.07) is 118. The van der Waals surface area contributed by atoms with E-state index in [0.717, 1.165) is 82.8 Å². The number of hydrogen-bond acceptors (Lipinski definition) is 12. The Labute approximate surface area is 615 Å². The fourth-order valence-electron chi connectivity index (χ4n) is 14.6. The second-order valence-corrected chi connectivity index (χ2v) is 28.9. The van der Waals surface area contributed by atoms with Gasteiger partial charge in [-0.2, -0.15) is 0 Å². The molecule has 0 saturated heterocycles. The minimum Gasteiger partial charge on any atom is -0.422 e. The number of benzene rings is 15. The van der Waals surface area contributed by atoms with Gasteiger partial charge in [-0.1, -0.05) is 229 Å². The van der Waals surface area contributed by atoms with Crippen molar-refractivity contribution in [1.82, 2.24) is 0 Å². The Bertz CT molecular complexity index is 6560. The van der Waals surface area contributed by atoms with Crippen LogP contribution in [0.4, 0.5) is 51.2 Å². The first-order chi connectivity index (χ1) is 51.8. The van der Waals surface area contributed by atoms with Crippen molar-refractivity contribution < 1.29 is 13.3 Å². The summed E-state index contributed by atoms with van der Waals surface area (Å²) in [4.78, 5) is 52.2. The van der Waals surface area contributed by atoms with Crippen molar-refractivity contribution in [1.29, 1.82) is 0 Å². The highest BCUT2D eigenvalue weighted by atomic mass is 32.2. The van der Waals surface area contributed by atoms with E-state index in [1.165, 1.54) is 63.5 Å². The lowest BCUT2D eigenvalue weighted by Gasteiger charge is -2.32. The molecule has 18 aromatic rings. The molecular formula is C93H57N3O6S3. The molecule has 3 aromatic heterocycles. The summed E-state index contributed by atoms with van der Waals surface area (Å²) < 4.78 is 16.9. The molecular weight excluding hydrogens is 1350 g/mol. The van der Waals surface area contributed by atoms with Crippen LogP contribution in [0.3, 0.4) is 0 Å². The number of nitrogens with zero attached hydrogens (tertiary/aromatic N) is 3. The fraction of sp³-hybridized carbons (Fsp3) is 0. The van der Waals surface area contributed by atoms with E-state index in [1.807, 2.05) is 127 Å². The van der Waals surface area contributed by atoms with E-state index in [9.17, 15) is 14.4 Å². The first kappa shape index (κ1) is 63.1. The quantitative estimate of drug-likeness (QED) is 0.117. The van der Waals surface area contributed by atoms with Gasteiger partial charge in [0.2, 0.25) is 0 Å². The smallest absolute Gasteiger partial charge is 0.344 e. The van der Waals surface area contributed by atoms with Crippen molar-refractivity contribution in [3.63, 3.8) is 0 Å². The average Bonchev–Trinajstić information content (AvgIpc) is 0.779. The number of hydrogen-bond donors (Lipinski definition) is 0. The molecule has 0 fully saturated rings. The molecule has 0 bridgehead atoms. The molecule has 498 valence electrons. The average molecular weight is 1410 g/mol. The summed E-state index contributed by atoms with van der Waals surface area (Å²) in [6.45, 7) is 0. The van der Waals surface area contributed by atoms with Gasteiger partial charge < -0.3 is 28.0 Å². The van der Waals surface area contributed by atoms with Crippen LogP contribution in [0.1, 0.15) is 0 Å². The highest BCUT2D eigenvalue weighted by Gasteiger charge is 2.28. The van der Waals surface area contributed by atoms with Gasteiger partial charge in [0.15, 0.2) is 0 Å². The molecule has 0 amide bonds. The first-order valence-corrected chi connectivity index (χ1v) is 36.9. The molecule has 0 atom stereocenters. The van der Waals surface area contributed by atoms with Gasteiger partial charge in [-0.15, -0.1) is 0 Å². The number of fused-ring (bicyclic) bond motifs is 15. The highest BCUT2D eigenvalue weighted by Crippen LogP contribution is 2.55. The fourth-order valence-corrected chi connectivity index (χ4v) is 17.8. The van der Waals surface area contributed by atoms with E-state index in [1.54, 1.807) is 23.5 Å². The van der Waals surface area contributed by atoms with Crippen LogP contribution in [0.25, 0.3) is 98.6 Å². The van der Waals surface area contributed by atoms with Crippen molar-refractivity contribution in [3.05, 3.63) is 377 Å². The molecule has 3 aliphatic heterocycles. The summed E-state index contributed by atoms with van der Waals surface area (Å²) in [6.07, 6.45) is 0. The topological polar surface area (TPSA) is 100 Å². The van der Waals surface area contributed by atoms with Gasteiger partial charge in [0.05, 0.1) is 50.3 Å². The minimum absolute atomic E-state index is 0.300. The lowest BCUT2D eigenvalue weighted by molar-refractivity contribution is 0.569. The molecule has 105 heavy (non-hydrogen) atoms. The summed E-state index contributed by atoms with van der Waals surface area (Å²) in [5.74, 6) is 0. The Morgan fingerprint density at radius 3 is 0.981 bits per heavy atom. The Morgan fingerprint density at radius 1 is 0.210 bits per heavy atom. The van der Waals surface area contributed by atoms with Gasteiger partial charge in [-0.05, 0) is 196 Å². The van der Waals surface area contributed by atoms with Crippen LogP contribution in [-0.2, 0) is 0 Å². The third kappa shape index (κ3) is 11.4. The maximum Gasteiger partial charge on any atom is 0.344 e. The standard InChI is InChI=1S/3C31H19NO2S/c33-31-30-22(9-7-10-24(30)23-8-1-4-13-27(23)34-31)20-16-18-21(19-17-20)32-25-11-2-5-14-28(25)35-29-15-6-3-12-26(29)32;33-31-25-8-2-1-7-23(25)24-18-15-21(19-28(24)34-31)20-13-16-22(17-14-20)32-26-9-3-5-11-29(26)35-30-12-6-4-10-27(30)32;33-31-24-8-2-1-7-23(24)25-19-21(15-18-28(25)34-31)20-13-16-22(17-14-20)32-26-9-3-5-11-29(26)35-30-12-6-4-10-27(30)32/h3*1-19H. The van der Waals surface area contributed by atoms with Crippen LogP contribution < -0.4 is 31.6 Å². The second-order valence-electron chi connectivity index (χ2n) is 25.7. The molecule has 0 spiro atoms. The Morgan fingerprint density at radius 2 is 0.524 bits per heavy atom. The van der Waals surface area contributed by atoms with Gasteiger partial charge in [-0.25, -0.2) is 14.4 Å². The summed E-state index contributed by atoms with van der Waals surface area (Å²) in [7, 11) is 0. The summed E-state index contributed by atoms with van der Waals surface area (Å²) >= 11 is 5.42. The maximum atomic E-state index is 13.0. The SMILES string of the molecule is O=c1oc2cc(-c3ccc(N4c5ccccc5Sc5ccccc54)cc3)ccc2c2ccccc12.O=c1oc2ccc(-c3ccc(N4c5ccccc5Sc5ccccc54)cc3)cc2c2ccccc12.O=c1oc2ccccc2c2cccc(-c3ccc(N4c5ccccc5Sc5ccccc54)cc3)c12. The third-order valence-electron chi connectivity index (χ3n) is 19.5. The predicted octanol–water partition coefficient (Wildman–Crippen LogP) is 25.6. The molecule has 15 aromatic carbocycles. The molecule has 21 rings (SSSR count). The van der Waals surface area contributed by atoms with E-state index in [2.05, 4.69) is 245 Å². The first-order valence-electron chi connectivity index (χ1n) is 34.5. The van der Waals surface area contributed by atoms with Crippen LogP contribution in [0.15, 0.2) is 403 Å². The Balaban J connectivity index is 0.000000108.